The monoisotopic (exact) mass is 466 g/mol. The molecule has 0 bridgehead atoms. The number of hydrogen-bond donors (Lipinski definition) is 0. The fourth-order valence-corrected chi connectivity index (χ4v) is 2.92. The minimum absolute atomic E-state index is 0.362. The second-order valence-corrected chi connectivity index (χ2v) is 7.42. The molecule has 0 heterocycles. The van der Waals surface area contributed by atoms with Crippen molar-refractivity contribution in [3.63, 3.8) is 0 Å². The Morgan fingerprint density at radius 1 is 0.963 bits per heavy atom. The van der Waals surface area contributed by atoms with Gasteiger partial charge in [0.1, 0.15) is 5.75 Å². The molecule has 0 saturated heterocycles. The van der Waals surface area contributed by atoms with Crippen molar-refractivity contribution >= 4 is 28.6 Å². The van der Waals surface area contributed by atoms with E-state index in [-0.39, 0.29) is 5.97 Å². The van der Waals surface area contributed by atoms with Gasteiger partial charge in [-0.25, -0.2) is 4.79 Å². The predicted molar refractivity (Wildman–Crippen MR) is 117 cm³/mol. The quantitative estimate of drug-likeness (QED) is 0.212. The van der Waals surface area contributed by atoms with E-state index in [1.165, 1.54) is 9.13 Å². The maximum Gasteiger partial charge on any atom is 0.343 e. The van der Waals surface area contributed by atoms with Crippen LogP contribution >= 0.6 is 22.6 Å². The van der Waals surface area contributed by atoms with Crippen molar-refractivity contribution in [2.24, 2.45) is 0 Å². The largest absolute Gasteiger partial charge is 0.423 e. The van der Waals surface area contributed by atoms with Crippen LogP contribution in [0.25, 0.3) is 0 Å². The lowest BCUT2D eigenvalue weighted by molar-refractivity contribution is 0.0734. The van der Waals surface area contributed by atoms with Crippen LogP contribution in [0.15, 0.2) is 66.7 Å². The number of ether oxygens (including phenoxy) is 1. The van der Waals surface area contributed by atoms with Crippen molar-refractivity contribution in [1.82, 2.24) is 0 Å². The summed E-state index contributed by atoms with van der Waals surface area (Å²) in [6.07, 6.45) is 0.956. The van der Waals surface area contributed by atoms with Gasteiger partial charge in [0.2, 0.25) is 0 Å². The van der Waals surface area contributed by atoms with Gasteiger partial charge in [-0.3, -0.25) is 0 Å². The lowest BCUT2D eigenvalue weighted by atomic mass is 10.0. The van der Waals surface area contributed by atoms with Crippen LogP contribution in [0.5, 0.6) is 5.75 Å². The summed E-state index contributed by atoms with van der Waals surface area (Å²) in [4.78, 5) is 12.4. The van der Waals surface area contributed by atoms with Gasteiger partial charge in [0.25, 0.3) is 0 Å². The number of carbonyl (C=O) groups excluding carboxylic acids is 1. The van der Waals surface area contributed by atoms with Gasteiger partial charge in [-0.1, -0.05) is 30.9 Å². The fraction of sp³-hybridized carbons (Fsp3) is 0.125. The van der Waals surface area contributed by atoms with Crippen LogP contribution in [0.2, 0.25) is 0 Å². The lowest BCUT2D eigenvalue weighted by Gasteiger charge is -2.07. The normalized spacial score (nSPS) is 10.0. The highest BCUT2D eigenvalue weighted by Gasteiger charge is 2.10. The zero-order valence-electron chi connectivity index (χ0n) is 15.3. The molecule has 3 aromatic carbocycles. The molecule has 2 nitrogen and oxygen atoms in total. The smallest absolute Gasteiger partial charge is 0.343 e. The van der Waals surface area contributed by atoms with Crippen molar-refractivity contribution in [3.8, 4) is 17.6 Å². The van der Waals surface area contributed by atoms with Gasteiger partial charge in [-0.15, -0.1) is 0 Å². The molecule has 3 aromatic rings. The van der Waals surface area contributed by atoms with Gasteiger partial charge < -0.3 is 4.74 Å². The van der Waals surface area contributed by atoms with Gasteiger partial charge in [0.15, 0.2) is 0 Å². The molecule has 0 saturated carbocycles. The van der Waals surface area contributed by atoms with Crippen LogP contribution in [0.3, 0.4) is 0 Å². The molecular formula is C24H19IO2. The first kappa shape index (κ1) is 19.2. The number of carbonyl (C=O) groups is 1. The molecule has 3 heteroatoms. The Morgan fingerprint density at radius 3 is 2.30 bits per heavy atom. The molecule has 0 N–H and O–H groups in total. The Morgan fingerprint density at radius 2 is 1.67 bits per heavy atom. The molecule has 0 aliphatic carbocycles. The van der Waals surface area contributed by atoms with E-state index >= 15 is 0 Å². The van der Waals surface area contributed by atoms with Crippen LogP contribution in [-0.4, -0.2) is 5.97 Å². The van der Waals surface area contributed by atoms with Crippen molar-refractivity contribution in [2.75, 3.05) is 0 Å². The Hall–Kier alpha value is -2.58. The predicted octanol–water partition coefficient (Wildman–Crippen LogP) is 5.78. The zero-order valence-corrected chi connectivity index (χ0v) is 17.4. The van der Waals surface area contributed by atoms with Gasteiger partial charge in [0.05, 0.1) is 5.56 Å². The molecule has 0 aliphatic rings. The summed E-state index contributed by atoms with van der Waals surface area (Å²) in [6.45, 7) is 4.04. The maximum atomic E-state index is 12.4. The summed E-state index contributed by atoms with van der Waals surface area (Å²) in [7, 11) is 0. The Bertz CT molecular complexity index is 1010. The van der Waals surface area contributed by atoms with Gasteiger partial charge in [0, 0.05) is 14.7 Å². The third-order valence-electron chi connectivity index (χ3n) is 4.19. The molecule has 0 amide bonds. The molecule has 0 aromatic heterocycles. The summed E-state index contributed by atoms with van der Waals surface area (Å²) < 4.78 is 6.64. The van der Waals surface area contributed by atoms with Crippen LogP contribution < -0.4 is 4.74 Å². The van der Waals surface area contributed by atoms with Crippen molar-refractivity contribution in [1.29, 1.82) is 0 Å². The number of benzene rings is 3. The van der Waals surface area contributed by atoms with Crippen molar-refractivity contribution in [2.45, 2.75) is 20.3 Å². The maximum absolute atomic E-state index is 12.4. The molecule has 3 rings (SSSR count). The molecule has 0 fully saturated rings. The van der Waals surface area contributed by atoms with E-state index in [1.54, 1.807) is 6.07 Å². The summed E-state index contributed by atoms with van der Waals surface area (Å²) in [5.41, 5.74) is 4.55. The Balaban J connectivity index is 1.73. The highest BCUT2D eigenvalue weighted by Crippen LogP contribution is 2.16. The standard InChI is InChI=1S/C24H19IO2/c1-3-18-7-14-23(15-8-18)27-24(26)21-11-10-20(17(2)16-21)9-4-19-5-12-22(25)13-6-19/h5-8,10-16H,3H2,1-2H3. The second-order valence-electron chi connectivity index (χ2n) is 6.17. The number of rotatable bonds is 3. The van der Waals surface area contributed by atoms with Crippen molar-refractivity contribution in [3.05, 3.63) is 98.1 Å². The lowest BCUT2D eigenvalue weighted by Crippen LogP contribution is -2.09. The summed E-state index contributed by atoms with van der Waals surface area (Å²) in [5.74, 6) is 6.52. The van der Waals surface area contributed by atoms with E-state index in [2.05, 4.69) is 41.4 Å². The van der Waals surface area contributed by atoms with Crippen LogP contribution in [-0.2, 0) is 6.42 Å². The summed E-state index contributed by atoms with van der Waals surface area (Å²) in [6, 6.07) is 21.1. The zero-order chi connectivity index (χ0) is 19.2. The van der Waals surface area contributed by atoms with Crippen molar-refractivity contribution < 1.29 is 9.53 Å². The first-order valence-electron chi connectivity index (χ1n) is 8.74. The van der Waals surface area contributed by atoms with E-state index in [9.17, 15) is 4.79 Å². The van der Waals surface area contributed by atoms with Crippen LogP contribution in [0.4, 0.5) is 0 Å². The van der Waals surface area contributed by atoms with Gasteiger partial charge in [-0.2, -0.15) is 0 Å². The minimum atomic E-state index is -0.362. The Kier molecular flexibility index (Phi) is 6.31. The van der Waals surface area contributed by atoms with Gasteiger partial charge in [-0.05, 0) is 102 Å². The SMILES string of the molecule is CCc1ccc(OC(=O)c2ccc(C#Cc3ccc(I)cc3)c(C)c2)cc1. The average molecular weight is 466 g/mol. The highest BCUT2D eigenvalue weighted by molar-refractivity contribution is 14.1. The van der Waals surface area contributed by atoms with Gasteiger partial charge >= 0.3 is 5.97 Å². The molecule has 0 radical (unpaired) electrons. The van der Waals surface area contributed by atoms with E-state index in [0.717, 1.165) is 23.1 Å². The molecule has 0 spiro atoms. The first-order valence-corrected chi connectivity index (χ1v) is 9.82. The van der Waals surface area contributed by atoms with Crippen LogP contribution in [0, 0.1) is 22.3 Å². The number of halogens is 1. The summed E-state index contributed by atoms with van der Waals surface area (Å²) in [5, 5.41) is 0. The molecule has 134 valence electrons. The molecule has 27 heavy (non-hydrogen) atoms. The summed E-state index contributed by atoms with van der Waals surface area (Å²) >= 11 is 2.27. The highest BCUT2D eigenvalue weighted by atomic mass is 127. The number of hydrogen-bond acceptors (Lipinski definition) is 2. The third kappa shape index (κ3) is 5.21. The van der Waals surface area contributed by atoms with E-state index < -0.39 is 0 Å². The number of aryl methyl sites for hydroxylation is 2. The average Bonchev–Trinajstić information content (AvgIpc) is 2.69. The molecule has 0 unspecified atom stereocenters. The Labute approximate surface area is 173 Å². The van der Waals surface area contributed by atoms with E-state index in [0.29, 0.717) is 11.3 Å². The second kappa shape index (κ2) is 8.88. The molecular weight excluding hydrogens is 447 g/mol. The first-order chi connectivity index (χ1) is 13.0. The number of esters is 1. The molecule has 0 atom stereocenters. The molecule has 0 aliphatic heterocycles. The topological polar surface area (TPSA) is 26.3 Å². The fourth-order valence-electron chi connectivity index (χ4n) is 2.56. The van der Waals surface area contributed by atoms with E-state index in [1.807, 2.05) is 67.6 Å². The van der Waals surface area contributed by atoms with E-state index in [4.69, 9.17) is 4.74 Å². The van der Waals surface area contributed by atoms with Crippen LogP contribution in [0.1, 0.15) is 39.5 Å². The minimum Gasteiger partial charge on any atom is -0.423 e. The third-order valence-corrected chi connectivity index (χ3v) is 4.91.